The van der Waals surface area contributed by atoms with E-state index in [-0.39, 0.29) is 0 Å². The summed E-state index contributed by atoms with van der Waals surface area (Å²) in [6.07, 6.45) is 0. The van der Waals surface area contributed by atoms with Crippen molar-refractivity contribution in [3.8, 4) is 11.8 Å². The second kappa shape index (κ2) is 7.72. The standard InChI is InChI=1S/C19H16ClN5O/c1-12-22-18(24-15-5-3-4-13(8-15)11-21)10-19(23-12)25-16-9-14(20)6-7-17(16)26-2/h3-10H,1-2H3,(H2,22,23,24,25). The second-order valence-corrected chi connectivity index (χ2v) is 5.91. The van der Waals surface area contributed by atoms with Crippen LogP contribution in [0.4, 0.5) is 23.0 Å². The Morgan fingerprint density at radius 2 is 1.81 bits per heavy atom. The van der Waals surface area contributed by atoms with Crippen LogP contribution in [-0.4, -0.2) is 17.1 Å². The Morgan fingerprint density at radius 1 is 1.04 bits per heavy atom. The fraction of sp³-hybridized carbons (Fsp3) is 0.105. The summed E-state index contributed by atoms with van der Waals surface area (Å²) >= 11 is 6.07. The first-order chi connectivity index (χ1) is 12.6. The van der Waals surface area contributed by atoms with Gasteiger partial charge in [0, 0.05) is 16.8 Å². The number of nitriles is 1. The van der Waals surface area contributed by atoms with Crippen molar-refractivity contribution in [2.75, 3.05) is 17.7 Å². The Balaban J connectivity index is 1.88. The first-order valence-corrected chi connectivity index (χ1v) is 8.18. The van der Waals surface area contributed by atoms with Crippen molar-refractivity contribution in [3.63, 3.8) is 0 Å². The molecule has 0 amide bonds. The number of anilines is 4. The highest BCUT2D eigenvalue weighted by atomic mass is 35.5. The molecular weight excluding hydrogens is 350 g/mol. The lowest BCUT2D eigenvalue weighted by Gasteiger charge is -2.13. The van der Waals surface area contributed by atoms with Crippen LogP contribution in [0.15, 0.2) is 48.5 Å². The van der Waals surface area contributed by atoms with Crippen molar-refractivity contribution >= 4 is 34.6 Å². The van der Waals surface area contributed by atoms with Crippen LogP contribution >= 0.6 is 11.6 Å². The number of nitrogens with zero attached hydrogens (tertiary/aromatic N) is 3. The number of nitrogens with one attached hydrogen (secondary N) is 2. The van der Waals surface area contributed by atoms with Crippen molar-refractivity contribution in [2.24, 2.45) is 0 Å². The van der Waals surface area contributed by atoms with Crippen molar-refractivity contribution in [3.05, 3.63) is 64.9 Å². The van der Waals surface area contributed by atoms with Gasteiger partial charge in [0.1, 0.15) is 23.2 Å². The van der Waals surface area contributed by atoms with Gasteiger partial charge in [0.15, 0.2) is 0 Å². The SMILES string of the molecule is COc1ccc(Cl)cc1Nc1cc(Nc2cccc(C#N)c2)nc(C)n1. The van der Waals surface area contributed by atoms with Crippen LogP contribution in [0.3, 0.4) is 0 Å². The molecule has 0 unspecified atom stereocenters. The Morgan fingerprint density at radius 3 is 2.54 bits per heavy atom. The van der Waals surface area contributed by atoms with E-state index in [1.54, 1.807) is 50.4 Å². The Bertz CT molecular complexity index is 984. The van der Waals surface area contributed by atoms with Crippen molar-refractivity contribution in [2.45, 2.75) is 6.92 Å². The highest BCUT2D eigenvalue weighted by Crippen LogP contribution is 2.30. The van der Waals surface area contributed by atoms with Crippen LogP contribution in [0.2, 0.25) is 5.02 Å². The highest BCUT2D eigenvalue weighted by Gasteiger charge is 2.08. The zero-order valence-electron chi connectivity index (χ0n) is 14.2. The molecule has 26 heavy (non-hydrogen) atoms. The normalized spacial score (nSPS) is 10.1. The van der Waals surface area contributed by atoms with E-state index in [9.17, 15) is 0 Å². The zero-order valence-corrected chi connectivity index (χ0v) is 15.0. The molecule has 0 aliphatic rings. The minimum Gasteiger partial charge on any atom is -0.495 e. The topological polar surface area (TPSA) is 82.9 Å². The molecule has 2 aromatic carbocycles. The number of ether oxygens (including phenoxy) is 1. The van der Waals surface area contributed by atoms with Gasteiger partial charge in [-0.15, -0.1) is 0 Å². The van der Waals surface area contributed by atoms with Gasteiger partial charge in [-0.1, -0.05) is 17.7 Å². The average Bonchev–Trinajstić information content (AvgIpc) is 2.61. The molecule has 0 aliphatic carbocycles. The van der Waals surface area contributed by atoms with Gasteiger partial charge in [-0.25, -0.2) is 9.97 Å². The number of hydrogen-bond donors (Lipinski definition) is 2. The van der Waals surface area contributed by atoms with E-state index >= 15 is 0 Å². The van der Waals surface area contributed by atoms with Crippen LogP contribution < -0.4 is 15.4 Å². The van der Waals surface area contributed by atoms with Crippen LogP contribution in [0.25, 0.3) is 0 Å². The zero-order chi connectivity index (χ0) is 18.5. The fourth-order valence-electron chi connectivity index (χ4n) is 2.43. The van der Waals surface area contributed by atoms with Crippen molar-refractivity contribution in [1.29, 1.82) is 5.26 Å². The van der Waals surface area contributed by atoms with E-state index in [1.165, 1.54) is 0 Å². The predicted octanol–water partition coefficient (Wildman–Crippen LogP) is 4.81. The van der Waals surface area contributed by atoms with E-state index in [2.05, 4.69) is 26.7 Å². The van der Waals surface area contributed by atoms with Gasteiger partial charge in [-0.2, -0.15) is 5.26 Å². The van der Waals surface area contributed by atoms with Gasteiger partial charge in [0.05, 0.1) is 24.4 Å². The fourth-order valence-corrected chi connectivity index (χ4v) is 2.60. The summed E-state index contributed by atoms with van der Waals surface area (Å²) in [6.45, 7) is 1.80. The minimum absolute atomic E-state index is 0.572. The largest absolute Gasteiger partial charge is 0.495 e. The summed E-state index contributed by atoms with van der Waals surface area (Å²) in [5.41, 5.74) is 2.05. The highest BCUT2D eigenvalue weighted by molar-refractivity contribution is 6.31. The van der Waals surface area contributed by atoms with Gasteiger partial charge < -0.3 is 15.4 Å². The third-order valence-electron chi connectivity index (χ3n) is 3.53. The van der Waals surface area contributed by atoms with E-state index in [0.717, 1.165) is 5.69 Å². The maximum Gasteiger partial charge on any atom is 0.142 e. The molecule has 0 saturated carbocycles. The number of methoxy groups -OCH3 is 1. The van der Waals surface area contributed by atoms with E-state index in [0.29, 0.717) is 39.5 Å². The minimum atomic E-state index is 0.572. The van der Waals surface area contributed by atoms with Gasteiger partial charge >= 0.3 is 0 Å². The molecule has 1 aromatic heterocycles. The molecule has 0 saturated heterocycles. The number of rotatable bonds is 5. The van der Waals surface area contributed by atoms with Gasteiger partial charge in [-0.05, 0) is 43.3 Å². The van der Waals surface area contributed by atoms with E-state index in [1.807, 2.05) is 12.1 Å². The summed E-state index contributed by atoms with van der Waals surface area (Å²) in [5, 5.41) is 16.0. The Kier molecular flexibility index (Phi) is 5.20. The number of benzene rings is 2. The molecule has 3 aromatic rings. The maximum absolute atomic E-state index is 9.02. The van der Waals surface area contributed by atoms with Crippen LogP contribution in [0.5, 0.6) is 5.75 Å². The molecule has 0 bridgehead atoms. The molecule has 3 rings (SSSR count). The number of halogens is 1. The summed E-state index contributed by atoms with van der Waals surface area (Å²) in [5.74, 6) is 2.45. The maximum atomic E-state index is 9.02. The molecule has 7 heteroatoms. The quantitative estimate of drug-likeness (QED) is 0.675. The Hall–Kier alpha value is -3.30. The summed E-state index contributed by atoms with van der Waals surface area (Å²) < 4.78 is 5.34. The third-order valence-corrected chi connectivity index (χ3v) is 3.76. The molecule has 0 radical (unpaired) electrons. The monoisotopic (exact) mass is 365 g/mol. The Labute approximate surface area is 156 Å². The lowest BCUT2D eigenvalue weighted by Crippen LogP contribution is -2.02. The predicted molar refractivity (Wildman–Crippen MR) is 102 cm³/mol. The number of hydrogen-bond acceptors (Lipinski definition) is 6. The molecule has 0 aliphatic heterocycles. The van der Waals surface area contributed by atoms with Gasteiger partial charge in [-0.3, -0.25) is 0 Å². The molecule has 0 fully saturated rings. The number of aryl methyl sites for hydroxylation is 1. The smallest absolute Gasteiger partial charge is 0.142 e. The average molecular weight is 366 g/mol. The second-order valence-electron chi connectivity index (χ2n) is 5.47. The first kappa shape index (κ1) is 17.5. The van der Waals surface area contributed by atoms with Gasteiger partial charge in [0.25, 0.3) is 0 Å². The van der Waals surface area contributed by atoms with E-state index < -0.39 is 0 Å². The van der Waals surface area contributed by atoms with Crippen molar-refractivity contribution in [1.82, 2.24) is 9.97 Å². The molecule has 0 atom stereocenters. The lowest BCUT2D eigenvalue weighted by atomic mass is 10.2. The third kappa shape index (κ3) is 4.21. The van der Waals surface area contributed by atoms with Crippen LogP contribution in [0.1, 0.15) is 11.4 Å². The number of aromatic nitrogens is 2. The molecule has 130 valence electrons. The summed E-state index contributed by atoms with van der Waals surface area (Å²) in [4.78, 5) is 8.78. The molecular formula is C19H16ClN5O. The molecule has 2 N–H and O–H groups in total. The van der Waals surface area contributed by atoms with Crippen molar-refractivity contribution < 1.29 is 4.74 Å². The van der Waals surface area contributed by atoms with Crippen LogP contribution in [0, 0.1) is 18.3 Å². The van der Waals surface area contributed by atoms with Crippen LogP contribution in [-0.2, 0) is 0 Å². The van der Waals surface area contributed by atoms with Gasteiger partial charge in [0.2, 0.25) is 0 Å². The first-order valence-electron chi connectivity index (χ1n) is 7.81. The summed E-state index contributed by atoms with van der Waals surface area (Å²) in [7, 11) is 1.59. The van der Waals surface area contributed by atoms with E-state index in [4.69, 9.17) is 21.6 Å². The lowest BCUT2D eigenvalue weighted by molar-refractivity contribution is 0.417. The molecule has 6 nitrogen and oxygen atoms in total. The molecule has 0 spiro atoms. The summed E-state index contributed by atoms with van der Waals surface area (Å²) in [6, 6.07) is 16.4. The molecule has 1 heterocycles.